The summed E-state index contributed by atoms with van der Waals surface area (Å²) < 4.78 is 5.78. The van der Waals surface area contributed by atoms with E-state index in [2.05, 4.69) is 22.1 Å². The van der Waals surface area contributed by atoms with E-state index >= 15 is 0 Å². The van der Waals surface area contributed by atoms with Gasteiger partial charge in [-0.25, -0.2) is 0 Å². The van der Waals surface area contributed by atoms with Gasteiger partial charge in [0.25, 0.3) is 0 Å². The molecule has 0 aliphatic rings. The Hall–Kier alpha value is -2.91. The zero-order chi connectivity index (χ0) is 16.9. The smallest absolute Gasteiger partial charge is 0.156 e. The van der Waals surface area contributed by atoms with Crippen LogP contribution >= 0.6 is 11.6 Å². The van der Waals surface area contributed by atoms with E-state index < -0.39 is 4.87 Å². The highest BCUT2D eigenvalue weighted by atomic mass is 35.5. The molecule has 5 rings (SSSR count). The Labute approximate surface area is 149 Å². The number of halogens is 1. The maximum Gasteiger partial charge on any atom is 0.156 e. The maximum absolute atomic E-state index is 7.36. The van der Waals surface area contributed by atoms with E-state index in [1.807, 2.05) is 60.9 Å². The summed E-state index contributed by atoms with van der Waals surface area (Å²) in [6.07, 6.45) is 5.61. The van der Waals surface area contributed by atoms with Gasteiger partial charge in [0.15, 0.2) is 4.87 Å². The van der Waals surface area contributed by atoms with Crippen LogP contribution < -0.4 is 0 Å². The number of aromatic nitrogens is 2. The molecule has 5 aromatic rings. The van der Waals surface area contributed by atoms with Crippen LogP contribution in [0.1, 0.15) is 16.9 Å². The first-order valence-corrected chi connectivity index (χ1v) is 8.52. The minimum absolute atomic E-state index is 0.698. The molecule has 0 amide bonds. The van der Waals surface area contributed by atoms with Crippen molar-refractivity contribution in [2.75, 3.05) is 0 Å². The topological polar surface area (TPSA) is 44.7 Å². The number of nitrogens with one attached hydrogen (secondary N) is 2. The quantitative estimate of drug-likeness (QED) is 0.400. The van der Waals surface area contributed by atoms with Gasteiger partial charge in [-0.2, -0.15) is 0 Å². The summed E-state index contributed by atoms with van der Waals surface area (Å²) in [4.78, 5) is 5.73. The molecule has 3 aromatic heterocycles. The van der Waals surface area contributed by atoms with Crippen molar-refractivity contribution in [1.29, 1.82) is 0 Å². The molecule has 0 aliphatic heterocycles. The van der Waals surface area contributed by atoms with Crippen molar-refractivity contribution in [3.63, 3.8) is 0 Å². The molecule has 3 heterocycles. The molecule has 0 spiro atoms. The van der Waals surface area contributed by atoms with E-state index in [1.165, 1.54) is 0 Å². The second-order valence-electron chi connectivity index (χ2n) is 6.13. The number of H-pyrrole nitrogens is 2. The maximum atomic E-state index is 7.36. The van der Waals surface area contributed by atoms with Crippen LogP contribution in [0.25, 0.3) is 21.8 Å². The van der Waals surface area contributed by atoms with Gasteiger partial charge in [0.05, 0.1) is 6.26 Å². The Morgan fingerprint density at radius 1 is 0.720 bits per heavy atom. The van der Waals surface area contributed by atoms with Gasteiger partial charge in [-0.3, -0.25) is 0 Å². The van der Waals surface area contributed by atoms with Crippen LogP contribution in [0.15, 0.2) is 83.7 Å². The second kappa shape index (κ2) is 5.30. The molecular formula is C21H15ClN2O. The van der Waals surface area contributed by atoms with Crippen LogP contribution in [0.4, 0.5) is 0 Å². The van der Waals surface area contributed by atoms with Crippen LogP contribution in [0.2, 0.25) is 0 Å². The van der Waals surface area contributed by atoms with E-state index in [1.54, 1.807) is 6.26 Å². The van der Waals surface area contributed by atoms with Crippen molar-refractivity contribution in [2.45, 2.75) is 4.87 Å². The van der Waals surface area contributed by atoms with Gasteiger partial charge in [-0.1, -0.05) is 48.0 Å². The molecule has 0 saturated heterocycles. The fourth-order valence-corrected chi connectivity index (χ4v) is 4.02. The van der Waals surface area contributed by atoms with Crippen molar-refractivity contribution in [2.24, 2.45) is 0 Å². The molecule has 2 N–H and O–H groups in total. The van der Waals surface area contributed by atoms with E-state index in [-0.39, 0.29) is 0 Å². The van der Waals surface area contributed by atoms with Gasteiger partial charge in [-0.15, -0.1) is 0 Å². The van der Waals surface area contributed by atoms with Crippen LogP contribution in [0, 0.1) is 0 Å². The predicted octanol–water partition coefficient (Wildman–Crippen LogP) is 5.77. The Bertz CT molecular complexity index is 1090. The molecule has 0 radical (unpaired) electrons. The molecule has 0 unspecified atom stereocenters. The van der Waals surface area contributed by atoms with E-state index in [0.717, 1.165) is 32.9 Å². The minimum Gasteiger partial charge on any atom is -0.467 e. The van der Waals surface area contributed by atoms with Gasteiger partial charge < -0.3 is 14.4 Å². The number of hydrogen-bond acceptors (Lipinski definition) is 1. The lowest BCUT2D eigenvalue weighted by Crippen LogP contribution is -2.21. The SMILES string of the molecule is ClC(c1ccco1)(c1c[nH]c2ccccc12)c1c[nH]c2ccccc12. The number of para-hydroxylation sites is 2. The van der Waals surface area contributed by atoms with Crippen molar-refractivity contribution < 1.29 is 4.42 Å². The fourth-order valence-electron chi connectivity index (χ4n) is 3.60. The molecule has 4 heteroatoms. The number of alkyl halides is 1. The molecule has 2 aromatic carbocycles. The van der Waals surface area contributed by atoms with E-state index in [0.29, 0.717) is 5.76 Å². The van der Waals surface area contributed by atoms with Crippen LogP contribution in [-0.2, 0) is 4.87 Å². The molecule has 0 bridgehead atoms. The number of benzene rings is 2. The average Bonchev–Trinajstić information content (AvgIpc) is 3.39. The van der Waals surface area contributed by atoms with E-state index in [4.69, 9.17) is 16.0 Å². The van der Waals surface area contributed by atoms with Crippen LogP contribution in [0.3, 0.4) is 0 Å². The zero-order valence-electron chi connectivity index (χ0n) is 13.3. The molecule has 3 nitrogen and oxygen atoms in total. The van der Waals surface area contributed by atoms with Crippen LogP contribution in [0.5, 0.6) is 0 Å². The van der Waals surface area contributed by atoms with Gasteiger partial charge in [-0.05, 0) is 24.3 Å². The summed E-state index contributed by atoms with van der Waals surface area (Å²) in [7, 11) is 0. The first-order valence-electron chi connectivity index (χ1n) is 8.14. The number of aromatic amines is 2. The minimum atomic E-state index is -0.928. The van der Waals surface area contributed by atoms with Crippen molar-refractivity contribution in [3.8, 4) is 0 Å². The highest BCUT2D eigenvalue weighted by molar-refractivity contribution is 6.30. The summed E-state index contributed by atoms with van der Waals surface area (Å²) in [5.41, 5.74) is 4.05. The van der Waals surface area contributed by atoms with Crippen molar-refractivity contribution in [3.05, 3.63) is 96.2 Å². The van der Waals surface area contributed by atoms with Gasteiger partial charge in [0.2, 0.25) is 0 Å². The third-order valence-corrected chi connectivity index (χ3v) is 5.37. The first kappa shape index (κ1) is 14.4. The lowest BCUT2D eigenvalue weighted by Gasteiger charge is -2.25. The van der Waals surface area contributed by atoms with Crippen molar-refractivity contribution >= 4 is 33.4 Å². The molecule has 122 valence electrons. The Morgan fingerprint density at radius 3 is 1.80 bits per heavy atom. The molecule has 0 fully saturated rings. The first-order chi connectivity index (χ1) is 12.3. The summed E-state index contributed by atoms with van der Waals surface area (Å²) in [5.74, 6) is 0.698. The third kappa shape index (κ3) is 1.99. The largest absolute Gasteiger partial charge is 0.467 e. The molecular weight excluding hydrogens is 332 g/mol. The molecule has 0 atom stereocenters. The summed E-state index contributed by atoms with van der Waals surface area (Å²) in [5, 5.41) is 2.17. The highest BCUT2D eigenvalue weighted by Gasteiger charge is 2.40. The summed E-state index contributed by atoms with van der Waals surface area (Å²) in [6.45, 7) is 0. The standard InChI is InChI=1S/C21H15ClN2O/c22-21(20-10-5-11-25-20,16-12-23-18-8-3-1-6-14(16)18)17-13-24-19-9-4-2-7-15(17)19/h1-13,23-24H. The molecule has 0 aliphatic carbocycles. The van der Waals surface area contributed by atoms with Gasteiger partial charge in [0.1, 0.15) is 5.76 Å². The fraction of sp³-hybridized carbons (Fsp3) is 0.0476. The Kier molecular flexibility index (Phi) is 3.06. The predicted molar refractivity (Wildman–Crippen MR) is 101 cm³/mol. The molecule has 25 heavy (non-hydrogen) atoms. The van der Waals surface area contributed by atoms with Crippen molar-refractivity contribution in [1.82, 2.24) is 9.97 Å². The number of fused-ring (bicyclic) bond motifs is 2. The average molecular weight is 347 g/mol. The zero-order valence-corrected chi connectivity index (χ0v) is 14.0. The van der Waals surface area contributed by atoms with Gasteiger partial charge in [0, 0.05) is 45.3 Å². The van der Waals surface area contributed by atoms with Gasteiger partial charge >= 0.3 is 0 Å². The molecule has 0 saturated carbocycles. The number of hydrogen-bond donors (Lipinski definition) is 2. The Balaban J connectivity index is 1.88. The lowest BCUT2D eigenvalue weighted by atomic mass is 9.87. The monoisotopic (exact) mass is 346 g/mol. The highest BCUT2D eigenvalue weighted by Crippen LogP contribution is 2.48. The second-order valence-corrected chi connectivity index (χ2v) is 6.70. The third-order valence-electron chi connectivity index (χ3n) is 4.78. The van der Waals surface area contributed by atoms with E-state index in [9.17, 15) is 0 Å². The number of furan rings is 1. The lowest BCUT2D eigenvalue weighted by molar-refractivity contribution is 0.489. The normalized spacial score (nSPS) is 12.2. The Morgan fingerprint density at radius 2 is 1.28 bits per heavy atom. The summed E-state index contributed by atoms with van der Waals surface area (Å²) in [6, 6.07) is 20.1. The summed E-state index contributed by atoms with van der Waals surface area (Å²) >= 11 is 7.36. The number of rotatable bonds is 3. The van der Waals surface area contributed by atoms with Crippen LogP contribution in [-0.4, -0.2) is 9.97 Å².